The molecule has 0 N–H and O–H groups in total. The Bertz CT molecular complexity index is 1060. The molecule has 0 spiro atoms. The molecule has 6 aliphatic rings. The first-order valence-corrected chi connectivity index (χ1v) is 21.7. The van der Waals surface area contributed by atoms with E-state index in [1.54, 1.807) is 11.1 Å². The summed E-state index contributed by atoms with van der Waals surface area (Å²) in [5.74, 6) is 10.5. The molecule has 12 unspecified atom stereocenters. The second kappa shape index (κ2) is 10.3. The van der Waals surface area contributed by atoms with Crippen LogP contribution in [-0.4, -0.2) is 30.1 Å². The van der Waals surface area contributed by atoms with E-state index < -0.39 is 8.07 Å². The minimum Gasteiger partial charge on any atom is -0.158 e. The molecule has 8 rings (SSSR count). The molecular formula is C36H48S2Si. The molecule has 0 radical (unpaired) electrons. The van der Waals surface area contributed by atoms with Crippen LogP contribution in [0.3, 0.4) is 0 Å². The van der Waals surface area contributed by atoms with Crippen molar-refractivity contribution in [3.05, 3.63) is 71.8 Å². The Hall–Kier alpha value is -0.643. The molecule has 2 aromatic carbocycles. The summed E-state index contributed by atoms with van der Waals surface area (Å²) in [5.41, 5.74) is 5.31. The minimum atomic E-state index is -1.65. The number of hydrogen-bond donors (Lipinski definition) is 0. The molecule has 2 heterocycles. The standard InChI is InChI=1S/C36H48S2Si/c1-39(2,35-27-13-15-33-25(17-19-37-33)31(27)21-29(35)23-9-5-3-6-10-23)36-28-14-16-34-26(18-20-38-34)32(28)22-30(36)24-11-7-4-8-12-24/h3-12,25-36H,13-22H2,1-2H3. The Labute approximate surface area is 247 Å². The quantitative estimate of drug-likeness (QED) is 0.334. The fourth-order valence-electron chi connectivity index (χ4n) is 12.2. The van der Waals surface area contributed by atoms with E-state index in [-0.39, 0.29) is 0 Å². The van der Waals surface area contributed by atoms with E-state index in [4.69, 9.17) is 0 Å². The van der Waals surface area contributed by atoms with Crippen LogP contribution in [0.1, 0.15) is 74.3 Å². The van der Waals surface area contributed by atoms with Crippen LogP contribution in [0, 0.1) is 35.5 Å². The third-order valence-corrected chi connectivity index (χ3v) is 21.4. The average molecular weight is 573 g/mol. The van der Waals surface area contributed by atoms with Gasteiger partial charge in [0.05, 0.1) is 8.07 Å². The highest BCUT2D eigenvalue weighted by Gasteiger charge is 2.63. The third-order valence-electron chi connectivity index (χ3n) is 13.3. The van der Waals surface area contributed by atoms with Gasteiger partial charge in [-0.15, -0.1) is 0 Å². The number of hydrogen-bond acceptors (Lipinski definition) is 2. The molecule has 2 aromatic rings. The fourth-order valence-corrected chi connectivity index (χ4v) is 21.6. The van der Waals surface area contributed by atoms with Crippen LogP contribution in [0.25, 0.3) is 0 Å². The second-order valence-electron chi connectivity index (χ2n) is 14.9. The highest BCUT2D eigenvalue weighted by molar-refractivity contribution is 8.00. The maximum absolute atomic E-state index is 2.93. The lowest BCUT2D eigenvalue weighted by molar-refractivity contribution is 0.185. The first-order valence-electron chi connectivity index (χ1n) is 16.4. The Kier molecular flexibility index (Phi) is 6.85. The van der Waals surface area contributed by atoms with E-state index in [1.165, 1.54) is 62.9 Å². The van der Waals surface area contributed by atoms with E-state index in [9.17, 15) is 0 Å². The second-order valence-corrected chi connectivity index (χ2v) is 22.6. The fraction of sp³-hybridized carbons (Fsp3) is 0.667. The molecule has 208 valence electrons. The maximum atomic E-state index is 2.93. The van der Waals surface area contributed by atoms with Crippen LogP contribution < -0.4 is 0 Å². The van der Waals surface area contributed by atoms with Gasteiger partial charge in [0.2, 0.25) is 0 Å². The molecule has 6 fully saturated rings. The molecule has 4 aliphatic carbocycles. The van der Waals surface area contributed by atoms with Gasteiger partial charge in [-0.3, -0.25) is 0 Å². The summed E-state index contributed by atoms with van der Waals surface area (Å²) >= 11 is 4.67. The highest BCUT2D eigenvalue weighted by Crippen LogP contribution is 2.71. The molecule has 4 saturated carbocycles. The maximum Gasteiger partial charge on any atom is 0.0553 e. The van der Waals surface area contributed by atoms with Gasteiger partial charge in [0.25, 0.3) is 0 Å². The van der Waals surface area contributed by atoms with Gasteiger partial charge in [-0.05, 0) is 132 Å². The van der Waals surface area contributed by atoms with Crippen LogP contribution in [0.4, 0.5) is 0 Å². The summed E-state index contributed by atoms with van der Waals surface area (Å²) in [7, 11) is -1.65. The van der Waals surface area contributed by atoms with Crippen LogP contribution in [0.2, 0.25) is 24.2 Å². The van der Waals surface area contributed by atoms with Gasteiger partial charge in [-0.2, -0.15) is 23.5 Å². The highest BCUT2D eigenvalue weighted by atomic mass is 32.2. The van der Waals surface area contributed by atoms with Gasteiger partial charge in [-0.25, -0.2) is 0 Å². The normalized spacial score (nSPS) is 45.0. The number of benzene rings is 2. The van der Waals surface area contributed by atoms with Gasteiger partial charge in [0.15, 0.2) is 0 Å². The van der Waals surface area contributed by atoms with Crippen LogP contribution >= 0.6 is 23.5 Å². The SMILES string of the molecule is C[Si](C)(C1C(c2ccccc2)CC2C3CCSC3CCC21)C1C(c2ccccc2)CC2C3CCSC3CCC21. The Morgan fingerprint density at radius 1 is 0.513 bits per heavy atom. The van der Waals surface area contributed by atoms with Gasteiger partial charge >= 0.3 is 0 Å². The van der Waals surface area contributed by atoms with Crippen molar-refractivity contribution in [1.82, 2.24) is 0 Å². The first-order chi connectivity index (χ1) is 19.1. The smallest absolute Gasteiger partial charge is 0.0553 e. The number of rotatable bonds is 4. The summed E-state index contributed by atoms with van der Waals surface area (Å²) in [4.78, 5) is 0. The van der Waals surface area contributed by atoms with Crippen LogP contribution in [0.15, 0.2) is 60.7 Å². The lowest BCUT2D eigenvalue weighted by Gasteiger charge is -2.50. The van der Waals surface area contributed by atoms with Crippen molar-refractivity contribution in [1.29, 1.82) is 0 Å². The van der Waals surface area contributed by atoms with E-state index in [0.717, 1.165) is 68.9 Å². The first kappa shape index (κ1) is 26.0. The van der Waals surface area contributed by atoms with E-state index in [1.807, 2.05) is 0 Å². The molecule has 2 saturated heterocycles. The average Bonchev–Trinajstić information content (AvgIpc) is 3.76. The summed E-state index contributed by atoms with van der Waals surface area (Å²) in [5, 5.41) is 1.96. The molecule has 39 heavy (non-hydrogen) atoms. The van der Waals surface area contributed by atoms with Crippen molar-refractivity contribution < 1.29 is 0 Å². The van der Waals surface area contributed by atoms with Crippen molar-refractivity contribution in [3.63, 3.8) is 0 Å². The van der Waals surface area contributed by atoms with E-state index in [2.05, 4.69) is 97.3 Å². The van der Waals surface area contributed by atoms with Gasteiger partial charge in [0, 0.05) is 10.5 Å². The Balaban J connectivity index is 1.21. The monoisotopic (exact) mass is 572 g/mol. The summed E-state index contributed by atoms with van der Waals surface area (Å²) < 4.78 is 0. The lowest BCUT2D eigenvalue weighted by atomic mass is 9.72. The van der Waals surface area contributed by atoms with Crippen molar-refractivity contribution in [3.8, 4) is 0 Å². The van der Waals surface area contributed by atoms with Crippen molar-refractivity contribution in [2.24, 2.45) is 35.5 Å². The zero-order valence-electron chi connectivity index (χ0n) is 24.1. The van der Waals surface area contributed by atoms with Crippen LogP contribution in [-0.2, 0) is 0 Å². The molecule has 0 aromatic heterocycles. The van der Waals surface area contributed by atoms with Gasteiger partial charge in [-0.1, -0.05) is 73.8 Å². The van der Waals surface area contributed by atoms with Gasteiger partial charge < -0.3 is 0 Å². The predicted molar refractivity (Wildman–Crippen MR) is 174 cm³/mol. The topological polar surface area (TPSA) is 0 Å². The third kappa shape index (κ3) is 4.21. The van der Waals surface area contributed by atoms with E-state index in [0.29, 0.717) is 0 Å². The minimum absolute atomic E-state index is 0.807. The zero-order valence-corrected chi connectivity index (χ0v) is 26.7. The summed E-state index contributed by atoms with van der Waals surface area (Å²) in [6.45, 7) is 5.87. The predicted octanol–water partition coefficient (Wildman–Crippen LogP) is 10.1. The van der Waals surface area contributed by atoms with Gasteiger partial charge in [0.1, 0.15) is 0 Å². The Morgan fingerprint density at radius 2 is 0.949 bits per heavy atom. The molecule has 2 aliphatic heterocycles. The largest absolute Gasteiger partial charge is 0.158 e. The number of fused-ring (bicyclic) bond motifs is 6. The molecular weight excluding hydrogens is 525 g/mol. The van der Waals surface area contributed by atoms with Crippen molar-refractivity contribution in [2.75, 3.05) is 11.5 Å². The van der Waals surface area contributed by atoms with Crippen molar-refractivity contribution in [2.45, 2.75) is 97.9 Å². The summed E-state index contributed by atoms with van der Waals surface area (Å²) in [6.07, 6.45) is 12.1. The molecule has 0 amide bonds. The van der Waals surface area contributed by atoms with E-state index >= 15 is 0 Å². The molecule has 12 atom stereocenters. The molecule has 3 heteroatoms. The number of thioether (sulfide) groups is 2. The molecule has 0 nitrogen and oxygen atoms in total. The Morgan fingerprint density at radius 3 is 1.38 bits per heavy atom. The molecule has 0 bridgehead atoms. The lowest BCUT2D eigenvalue weighted by Crippen LogP contribution is -2.48. The van der Waals surface area contributed by atoms with Crippen molar-refractivity contribution >= 4 is 31.6 Å². The van der Waals surface area contributed by atoms with Crippen LogP contribution in [0.5, 0.6) is 0 Å². The summed E-state index contributed by atoms with van der Waals surface area (Å²) in [6, 6.07) is 23.9. The zero-order chi connectivity index (χ0) is 26.1.